The van der Waals surface area contributed by atoms with Gasteiger partial charge in [0, 0.05) is 16.7 Å². The highest BCUT2D eigenvalue weighted by atomic mass is 16.5. The summed E-state index contributed by atoms with van der Waals surface area (Å²) in [6.45, 7) is 4.30. The van der Waals surface area contributed by atoms with E-state index in [2.05, 4.69) is 10.1 Å². The molecule has 23 heavy (non-hydrogen) atoms. The molecule has 0 radical (unpaired) electrons. The summed E-state index contributed by atoms with van der Waals surface area (Å²) >= 11 is 0. The highest BCUT2D eigenvalue weighted by Gasteiger charge is 2.11. The van der Waals surface area contributed by atoms with Crippen LogP contribution in [-0.4, -0.2) is 10.1 Å². The topological polar surface area (TPSA) is 61.3 Å². The number of aromatic nitrogens is 2. The summed E-state index contributed by atoms with van der Waals surface area (Å²) in [6, 6.07) is 13.7. The fourth-order valence-corrected chi connectivity index (χ4v) is 2.50. The maximum atomic E-state index is 5.80. The summed E-state index contributed by atoms with van der Waals surface area (Å²) in [5, 5.41) is 6.04. The van der Waals surface area contributed by atoms with Crippen LogP contribution < -0.4 is 4.74 Å². The second-order valence-corrected chi connectivity index (χ2v) is 5.75. The van der Waals surface area contributed by atoms with Crippen LogP contribution in [-0.2, 0) is 6.61 Å². The smallest absolute Gasteiger partial charge is 0.229 e. The number of furan rings is 1. The third-order valence-electron chi connectivity index (χ3n) is 3.69. The lowest BCUT2D eigenvalue weighted by Gasteiger charge is -2.02. The number of rotatable bonds is 4. The Kier molecular flexibility index (Phi) is 3.26. The largest absolute Gasteiger partial charge is 0.485 e. The van der Waals surface area contributed by atoms with Crippen molar-refractivity contribution in [3.05, 3.63) is 54.2 Å². The van der Waals surface area contributed by atoms with Gasteiger partial charge in [-0.15, -0.1) is 0 Å². The first-order chi connectivity index (χ1) is 11.2. The van der Waals surface area contributed by atoms with Gasteiger partial charge in [0.15, 0.2) is 6.61 Å². The van der Waals surface area contributed by atoms with Crippen molar-refractivity contribution in [2.75, 3.05) is 0 Å². The van der Waals surface area contributed by atoms with Crippen LogP contribution in [0.4, 0.5) is 0 Å². The Balaban J connectivity index is 1.60. The Morgan fingerprint density at radius 1 is 1.04 bits per heavy atom. The van der Waals surface area contributed by atoms with Crippen molar-refractivity contribution in [2.45, 2.75) is 26.4 Å². The molecule has 0 fully saturated rings. The number of ether oxygens (including phenoxy) is 1. The Bertz CT molecular complexity index is 969. The van der Waals surface area contributed by atoms with E-state index >= 15 is 0 Å². The fraction of sp³-hybridized carbons (Fsp3) is 0.222. The van der Waals surface area contributed by atoms with Gasteiger partial charge in [-0.3, -0.25) is 0 Å². The van der Waals surface area contributed by atoms with E-state index in [0.29, 0.717) is 11.7 Å². The van der Waals surface area contributed by atoms with Crippen molar-refractivity contribution in [1.29, 1.82) is 0 Å². The first kappa shape index (κ1) is 13.8. The van der Waals surface area contributed by atoms with E-state index in [-0.39, 0.29) is 12.5 Å². The number of fused-ring (bicyclic) bond motifs is 3. The first-order valence-electron chi connectivity index (χ1n) is 7.57. The summed E-state index contributed by atoms with van der Waals surface area (Å²) in [5.41, 5.74) is 1.72. The van der Waals surface area contributed by atoms with Gasteiger partial charge in [0.2, 0.25) is 11.7 Å². The normalized spacial score (nSPS) is 11.6. The average molecular weight is 308 g/mol. The number of benzene rings is 2. The van der Waals surface area contributed by atoms with Crippen LogP contribution in [0.2, 0.25) is 0 Å². The molecule has 0 spiro atoms. The second-order valence-electron chi connectivity index (χ2n) is 5.75. The maximum absolute atomic E-state index is 5.80. The average Bonchev–Trinajstić information content (AvgIpc) is 3.17. The second kappa shape index (κ2) is 5.43. The molecule has 2 heterocycles. The molecule has 0 atom stereocenters. The predicted octanol–water partition coefficient (Wildman–Crippen LogP) is 4.67. The van der Waals surface area contributed by atoms with Crippen molar-refractivity contribution >= 4 is 21.9 Å². The zero-order chi connectivity index (χ0) is 15.8. The molecule has 2 aromatic carbocycles. The zero-order valence-electron chi connectivity index (χ0n) is 12.9. The maximum Gasteiger partial charge on any atom is 0.229 e. The molecule has 0 saturated heterocycles. The van der Waals surface area contributed by atoms with E-state index in [0.717, 1.165) is 27.7 Å². The number of hydrogen-bond acceptors (Lipinski definition) is 5. The molecule has 4 rings (SSSR count). The summed E-state index contributed by atoms with van der Waals surface area (Å²) in [7, 11) is 0. The Morgan fingerprint density at radius 2 is 1.87 bits per heavy atom. The molecule has 0 amide bonds. The van der Waals surface area contributed by atoms with Gasteiger partial charge in [0.25, 0.3) is 0 Å². The van der Waals surface area contributed by atoms with E-state index in [4.69, 9.17) is 13.7 Å². The van der Waals surface area contributed by atoms with E-state index in [9.17, 15) is 0 Å². The first-order valence-corrected chi connectivity index (χ1v) is 7.57. The Morgan fingerprint density at radius 3 is 2.70 bits per heavy atom. The van der Waals surface area contributed by atoms with Gasteiger partial charge in [-0.05, 0) is 24.3 Å². The van der Waals surface area contributed by atoms with Gasteiger partial charge < -0.3 is 13.7 Å². The minimum atomic E-state index is 0.213. The van der Waals surface area contributed by atoms with Gasteiger partial charge in [-0.25, -0.2) is 0 Å². The van der Waals surface area contributed by atoms with Crippen molar-refractivity contribution in [3.8, 4) is 5.75 Å². The van der Waals surface area contributed by atoms with Crippen molar-refractivity contribution in [3.63, 3.8) is 0 Å². The molecule has 0 unspecified atom stereocenters. The standard InChI is InChI=1S/C18H16N2O3/c1-11(2)18-19-17(20-23-18)10-21-12-7-8-16-14(9-12)13-5-3-4-6-15(13)22-16/h3-9,11H,10H2,1-2H3. The molecule has 5 nitrogen and oxygen atoms in total. The highest BCUT2D eigenvalue weighted by Crippen LogP contribution is 2.31. The van der Waals surface area contributed by atoms with Gasteiger partial charge in [0.1, 0.15) is 16.9 Å². The van der Waals surface area contributed by atoms with Crippen LogP contribution in [0.15, 0.2) is 51.4 Å². The minimum Gasteiger partial charge on any atom is -0.485 e. The quantitative estimate of drug-likeness (QED) is 0.548. The lowest BCUT2D eigenvalue weighted by Crippen LogP contribution is -1.98. The third kappa shape index (κ3) is 2.54. The van der Waals surface area contributed by atoms with E-state index in [1.165, 1.54) is 0 Å². The number of hydrogen-bond donors (Lipinski definition) is 0. The third-order valence-corrected chi connectivity index (χ3v) is 3.69. The lowest BCUT2D eigenvalue weighted by molar-refractivity contribution is 0.284. The molecule has 0 saturated carbocycles. The molecule has 116 valence electrons. The van der Waals surface area contributed by atoms with Crippen molar-refractivity contribution in [1.82, 2.24) is 10.1 Å². The molecule has 0 aliphatic heterocycles. The SMILES string of the molecule is CC(C)c1nc(COc2ccc3oc4ccccc4c3c2)no1. The van der Waals surface area contributed by atoms with Gasteiger partial charge >= 0.3 is 0 Å². The van der Waals surface area contributed by atoms with Crippen LogP contribution in [0.5, 0.6) is 5.75 Å². The molecule has 5 heteroatoms. The molecular weight excluding hydrogens is 292 g/mol. The van der Waals surface area contributed by atoms with Crippen LogP contribution >= 0.6 is 0 Å². The molecule has 0 aliphatic carbocycles. The fourth-order valence-electron chi connectivity index (χ4n) is 2.50. The number of nitrogens with zero attached hydrogens (tertiary/aromatic N) is 2. The molecule has 0 N–H and O–H groups in total. The summed E-state index contributed by atoms with van der Waals surface area (Å²) in [5.74, 6) is 2.13. The van der Waals surface area contributed by atoms with Crippen molar-refractivity contribution in [2.24, 2.45) is 0 Å². The van der Waals surface area contributed by atoms with Crippen LogP contribution in [0.25, 0.3) is 21.9 Å². The van der Waals surface area contributed by atoms with Crippen LogP contribution in [0, 0.1) is 0 Å². The highest BCUT2D eigenvalue weighted by molar-refractivity contribution is 6.05. The summed E-state index contributed by atoms with van der Waals surface area (Å²) < 4.78 is 16.8. The molecule has 2 aromatic heterocycles. The van der Waals surface area contributed by atoms with Gasteiger partial charge in [-0.1, -0.05) is 37.2 Å². The zero-order valence-corrected chi connectivity index (χ0v) is 12.9. The minimum absolute atomic E-state index is 0.213. The van der Waals surface area contributed by atoms with Gasteiger partial charge in [-0.2, -0.15) is 4.98 Å². The summed E-state index contributed by atoms with van der Waals surface area (Å²) in [4.78, 5) is 4.31. The van der Waals surface area contributed by atoms with E-state index in [1.54, 1.807) is 0 Å². The Labute approximate surface area is 132 Å². The molecule has 0 bridgehead atoms. The Hall–Kier alpha value is -2.82. The monoisotopic (exact) mass is 308 g/mol. The van der Waals surface area contributed by atoms with Gasteiger partial charge in [0.05, 0.1) is 0 Å². The molecule has 0 aliphatic rings. The summed E-state index contributed by atoms with van der Waals surface area (Å²) in [6.07, 6.45) is 0. The van der Waals surface area contributed by atoms with Crippen LogP contribution in [0.1, 0.15) is 31.5 Å². The van der Waals surface area contributed by atoms with E-state index in [1.807, 2.05) is 56.3 Å². The lowest BCUT2D eigenvalue weighted by atomic mass is 10.1. The van der Waals surface area contributed by atoms with Crippen molar-refractivity contribution < 1.29 is 13.7 Å². The van der Waals surface area contributed by atoms with Crippen LogP contribution in [0.3, 0.4) is 0 Å². The predicted molar refractivity (Wildman–Crippen MR) is 86.4 cm³/mol. The molecule has 4 aromatic rings. The number of para-hydroxylation sites is 1. The molecular formula is C18H16N2O3. The van der Waals surface area contributed by atoms with E-state index < -0.39 is 0 Å².